The van der Waals surface area contributed by atoms with E-state index < -0.39 is 15.8 Å². The molecule has 1 aromatic heterocycles. The van der Waals surface area contributed by atoms with Gasteiger partial charge in [0, 0.05) is 25.7 Å². The Bertz CT molecular complexity index is 949. The molecule has 0 bridgehead atoms. The number of aromatic nitrogens is 2. The van der Waals surface area contributed by atoms with Gasteiger partial charge in [0.25, 0.3) is 0 Å². The summed E-state index contributed by atoms with van der Waals surface area (Å²) in [5, 5.41) is 0. The molecule has 2 heterocycles. The highest BCUT2D eigenvalue weighted by Gasteiger charge is 2.20. The number of piperidine rings is 1. The second-order valence-electron chi connectivity index (χ2n) is 6.70. The summed E-state index contributed by atoms with van der Waals surface area (Å²) in [7, 11) is -2.62. The molecule has 158 valence electrons. The number of ether oxygens (including phenoxy) is 2. The zero-order chi connectivity index (χ0) is 20.9. The number of hydrogen-bond donors (Lipinski definition) is 1. The number of benzene rings is 1. The molecular formula is C19H25FN4O4S. The average Bonchev–Trinajstić information content (AvgIpc) is 2.71. The number of hydrogen-bond acceptors (Lipinski definition) is 7. The number of anilines is 1. The first-order chi connectivity index (χ1) is 13.9. The summed E-state index contributed by atoms with van der Waals surface area (Å²) in [5.74, 6) is 1.20. The predicted octanol–water partition coefficient (Wildman–Crippen LogP) is 2.28. The molecule has 10 heteroatoms. The second-order valence-corrected chi connectivity index (χ2v) is 8.44. The Hall–Kier alpha value is -2.46. The normalized spacial score (nSPS) is 14.7. The Morgan fingerprint density at radius 1 is 1.17 bits per heavy atom. The van der Waals surface area contributed by atoms with Crippen LogP contribution in [0.25, 0.3) is 0 Å². The quantitative estimate of drug-likeness (QED) is 0.650. The largest absolute Gasteiger partial charge is 0.495 e. The van der Waals surface area contributed by atoms with Gasteiger partial charge < -0.3 is 14.4 Å². The van der Waals surface area contributed by atoms with Crippen molar-refractivity contribution < 1.29 is 22.3 Å². The lowest BCUT2D eigenvalue weighted by atomic mass is 10.1. The Kier molecular flexibility index (Phi) is 6.86. The van der Waals surface area contributed by atoms with E-state index in [1.807, 2.05) is 0 Å². The molecule has 0 spiro atoms. The van der Waals surface area contributed by atoms with E-state index in [-0.39, 0.29) is 23.8 Å². The first kappa shape index (κ1) is 21.3. The molecule has 2 aromatic rings. The fraction of sp³-hybridized carbons (Fsp3) is 0.474. The summed E-state index contributed by atoms with van der Waals surface area (Å²) in [5.41, 5.74) is 0. The van der Waals surface area contributed by atoms with Gasteiger partial charge in [0.1, 0.15) is 34.7 Å². The smallest absolute Gasteiger partial charge is 0.244 e. The van der Waals surface area contributed by atoms with Crippen molar-refractivity contribution >= 4 is 15.8 Å². The lowest BCUT2D eigenvalue weighted by molar-refractivity contribution is 0.309. The standard InChI is InChI=1S/C19H25FN4O4S/c1-14-22-18(24-9-4-3-5-10-24)13-19(23-14)28-11-8-21-29(25,26)17-12-15(20)6-7-16(17)27-2/h6-7,12-13,21H,3-5,8-11H2,1-2H3. The number of aryl methyl sites for hydroxylation is 1. The fourth-order valence-electron chi connectivity index (χ4n) is 3.15. The Balaban J connectivity index is 1.60. The van der Waals surface area contributed by atoms with Crippen LogP contribution in [0.1, 0.15) is 25.1 Å². The summed E-state index contributed by atoms with van der Waals surface area (Å²) < 4.78 is 51.4. The van der Waals surface area contributed by atoms with E-state index in [0.717, 1.165) is 43.9 Å². The molecular weight excluding hydrogens is 399 g/mol. The van der Waals surface area contributed by atoms with Gasteiger partial charge in [-0.25, -0.2) is 22.5 Å². The lowest BCUT2D eigenvalue weighted by Crippen LogP contribution is -2.30. The fourth-order valence-corrected chi connectivity index (χ4v) is 4.35. The molecule has 1 fully saturated rings. The van der Waals surface area contributed by atoms with Gasteiger partial charge in [-0.15, -0.1) is 0 Å². The third kappa shape index (κ3) is 5.54. The van der Waals surface area contributed by atoms with E-state index in [1.165, 1.54) is 19.6 Å². The van der Waals surface area contributed by atoms with E-state index >= 15 is 0 Å². The molecule has 0 atom stereocenters. The summed E-state index contributed by atoms with van der Waals surface area (Å²) in [6.07, 6.45) is 3.48. The monoisotopic (exact) mass is 424 g/mol. The molecule has 3 rings (SSSR count). The molecule has 1 aliphatic rings. The number of nitrogens with zero attached hydrogens (tertiary/aromatic N) is 3. The predicted molar refractivity (Wildman–Crippen MR) is 106 cm³/mol. The minimum absolute atomic E-state index is 0.00982. The highest BCUT2D eigenvalue weighted by Crippen LogP contribution is 2.24. The zero-order valence-electron chi connectivity index (χ0n) is 16.5. The minimum atomic E-state index is -3.95. The van der Waals surface area contributed by atoms with Crippen molar-refractivity contribution in [1.82, 2.24) is 14.7 Å². The van der Waals surface area contributed by atoms with Crippen LogP contribution in [0.5, 0.6) is 11.6 Å². The van der Waals surface area contributed by atoms with E-state index in [1.54, 1.807) is 13.0 Å². The third-order valence-electron chi connectivity index (χ3n) is 4.54. The minimum Gasteiger partial charge on any atom is -0.495 e. The first-order valence-electron chi connectivity index (χ1n) is 9.46. The molecule has 0 aliphatic carbocycles. The van der Waals surface area contributed by atoms with E-state index in [0.29, 0.717) is 11.7 Å². The maximum atomic E-state index is 13.5. The van der Waals surface area contributed by atoms with Crippen LogP contribution in [-0.2, 0) is 10.0 Å². The highest BCUT2D eigenvalue weighted by molar-refractivity contribution is 7.89. The molecule has 1 saturated heterocycles. The Morgan fingerprint density at radius 2 is 1.93 bits per heavy atom. The molecule has 0 radical (unpaired) electrons. The van der Waals surface area contributed by atoms with Crippen molar-refractivity contribution in [2.75, 3.05) is 38.3 Å². The third-order valence-corrected chi connectivity index (χ3v) is 6.02. The van der Waals surface area contributed by atoms with E-state index in [2.05, 4.69) is 19.6 Å². The maximum Gasteiger partial charge on any atom is 0.244 e. The van der Waals surface area contributed by atoms with Crippen LogP contribution in [0.2, 0.25) is 0 Å². The molecule has 29 heavy (non-hydrogen) atoms. The maximum absolute atomic E-state index is 13.5. The van der Waals surface area contributed by atoms with Gasteiger partial charge in [0.05, 0.1) is 7.11 Å². The SMILES string of the molecule is COc1ccc(F)cc1S(=O)(=O)NCCOc1cc(N2CCCCC2)nc(C)n1. The molecule has 8 nitrogen and oxygen atoms in total. The van der Waals surface area contributed by atoms with Crippen LogP contribution in [0.15, 0.2) is 29.2 Å². The summed E-state index contributed by atoms with van der Waals surface area (Å²) in [6.45, 7) is 3.74. The lowest BCUT2D eigenvalue weighted by Gasteiger charge is -2.28. The van der Waals surface area contributed by atoms with Crippen LogP contribution in [-0.4, -0.2) is 51.7 Å². The number of rotatable bonds is 8. The summed E-state index contributed by atoms with van der Waals surface area (Å²) >= 11 is 0. The van der Waals surface area contributed by atoms with Gasteiger partial charge in [-0.2, -0.15) is 4.98 Å². The average molecular weight is 424 g/mol. The molecule has 1 N–H and O–H groups in total. The molecule has 0 unspecified atom stereocenters. The topological polar surface area (TPSA) is 93.7 Å². The molecule has 0 amide bonds. The van der Waals surface area contributed by atoms with Crippen LogP contribution in [0.3, 0.4) is 0 Å². The van der Waals surface area contributed by atoms with Crippen molar-refractivity contribution in [2.45, 2.75) is 31.1 Å². The summed E-state index contributed by atoms with van der Waals surface area (Å²) in [6, 6.07) is 5.09. The molecule has 1 aliphatic heterocycles. The van der Waals surface area contributed by atoms with Gasteiger partial charge in [-0.05, 0) is 44.4 Å². The first-order valence-corrected chi connectivity index (χ1v) is 10.9. The van der Waals surface area contributed by atoms with Crippen molar-refractivity contribution in [3.63, 3.8) is 0 Å². The van der Waals surface area contributed by atoms with Gasteiger partial charge in [0.2, 0.25) is 15.9 Å². The van der Waals surface area contributed by atoms with E-state index in [9.17, 15) is 12.8 Å². The number of methoxy groups -OCH3 is 1. The second kappa shape index (κ2) is 9.36. The van der Waals surface area contributed by atoms with Gasteiger partial charge in [-0.1, -0.05) is 0 Å². The number of halogens is 1. The summed E-state index contributed by atoms with van der Waals surface area (Å²) in [4.78, 5) is 10.7. The molecule has 0 saturated carbocycles. The van der Waals surface area contributed by atoms with Gasteiger partial charge in [-0.3, -0.25) is 0 Å². The zero-order valence-corrected chi connectivity index (χ0v) is 17.3. The van der Waals surface area contributed by atoms with Crippen LogP contribution >= 0.6 is 0 Å². The van der Waals surface area contributed by atoms with Gasteiger partial charge >= 0.3 is 0 Å². The molecule has 1 aromatic carbocycles. The van der Waals surface area contributed by atoms with Crippen molar-refractivity contribution in [3.05, 3.63) is 35.9 Å². The van der Waals surface area contributed by atoms with Crippen molar-refractivity contribution in [1.29, 1.82) is 0 Å². The highest BCUT2D eigenvalue weighted by atomic mass is 32.2. The van der Waals surface area contributed by atoms with Crippen LogP contribution in [0.4, 0.5) is 10.2 Å². The Morgan fingerprint density at radius 3 is 2.66 bits per heavy atom. The number of sulfonamides is 1. The van der Waals surface area contributed by atoms with Crippen LogP contribution < -0.4 is 19.1 Å². The van der Waals surface area contributed by atoms with Crippen LogP contribution in [0, 0.1) is 12.7 Å². The Labute approximate surface area is 170 Å². The van der Waals surface area contributed by atoms with E-state index in [4.69, 9.17) is 9.47 Å². The number of nitrogens with one attached hydrogen (secondary N) is 1. The van der Waals surface area contributed by atoms with Crippen molar-refractivity contribution in [2.24, 2.45) is 0 Å². The van der Waals surface area contributed by atoms with Gasteiger partial charge in [0.15, 0.2) is 0 Å². The van der Waals surface area contributed by atoms with Crippen molar-refractivity contribution in [3.8, 4) is 11.6 Å².